The maximum atomic E-state index is 13.1. The highest BCUT2D eigenvalue weighted by molar-refractivity contribution is 9.10. The van der Waals surface area contributed by atoms with Crippen LogP contribution in [0.1, 0.15) is 73.6 Å². The van der Waals surface area contributed by atoms with Crippen LogP contribution >= 0.6 is 15.9 Å². The van der Waals surface area contributed by atoms with E-state index in [0.29, 0.717) is 17.6 Å². The zero-order valence-electron chi connectivity index (χ0n) is 30.9. The standard InChI is InChI=1S/C20H23BrN2O4.C20H24N2O4/c1-13(2)22-11-20(3,12-24)23-9-15(21)17(25)18(16(23)19(22)26)27-10-14-7-5-4-6-8-14;1-14(2)21-12-20(3,13-23)22-10-9-16(24)18(17(22)19(21)25)26-11-15-7-5-4-6-8-15/h4-9,13,24H,10-12H2,1-3H3;4-10,14,23H,11-13H2,1-3H3. The van der Waals surface area contributed by atoms with Crippen LogP contribution in [0.15, 0.2) is 93.2 Å². The lowest BCUT2D eigenvalue weighted by Gasteiger charge is -2.44. The minimum absolute atomic E-state index is 0.00301. The van der Waals surface area contributed by atoms with Gasteiger partial charge in [0.1, 0.15) is 13.2 Å². The summed E-state index contributed by atoms with van der Waals surface area (Å²) in [6.45, 7) is 12.1. The minimum atomic E-state index is -0.755. The summed E-state index contributed by atoms with van der Waals surface area (Å²) >= 11 is 3.28. The van der Waals surface area contributed by atoms with Crippen molar-refractivity contribution in [1.82, 2.24) is 18.9 Å². The Hall–Kier alpha value is -4.72. The van der Waals surface area contributed by atoms with Gasteiger partial charge in [0, 0.05) is 43.6 Å². The molecule has 6 rings (SSSR count). The smallest absolute Gasteiger partial charge is 0.274 e. The molecule has 2 unspecified atom stereocenters. The quantitative estimate of drug-likeness (QED) is 0.234. The van der Waals surface area contributed by atoms with Crippen LogP contribution in [0.25, 0.3) is 0 Å². The van der Waals surface area contributed by atoms with Crippen molar-refractivity contribution in [3.05, 3.63) is 127 Å². The zero-order valence-corrected chi connectivity index (χ0v) is 32.5. The van der Waals surface area contributed by atoms with Crippen LogP contribution in [0.2, 0.25) is 0 Å². The molecule has 4 aromatic rings. The molecule has 13 heteroatoms. The van der Waals surface area contributed by atoms with E-state index in [1.807, 2.05) is 102 Å². The van der Waals surface area contributed by atoms with Crippen molar-refractivity contribution in [2.24, 2.45) is 0 Å². The van der Waals surface area contributed by atoms with Crippen molar-refractivity contribution >= 4 is 27.7 Å². The van der Waals surface area contributed by atoms with E-state index in [-0.39, 0.29) is 84.1 Å². The van der Waals surface area contributed by atoms with Crippen molar-refractivity contribution < 1.29 is 29.3 Å². The van der Waals surface area contributed by atoms with Crippen LogP contribution in [-0.2, 0) is 24.3 Å². The average molecular weight is 792 g/mol. The van der Waals surface area contributed by atoms with Gasteiger partial charge in [0.2, 0.25) is 10.9 Å². The first-order valence-electron chi connectivity index (χ1n) is 17.5. The monoisotopic (exact) mass is 790 g/mol. The van der Waals surface area contributed by atoms with E-state index in [9.17, 15) is 29.4 Å². The molecule has 0 saturated heterocycles. The molecule has 2 aliphatic heterocycles. The summed E-state index contributed by atoms with van der Waals surface area (Å²) in [6.07, 6.45) is 3.14. The maximum Gasteiger partial charge on any atom is 0.274 e. The Kier molecular flexibility index (Phi) is 12.0. The van der Waals surface area contributed by atoms with E-state index in [1.54, 1.807) is 31.3 Å². The number of carbonyl (C=O) groups excluding carboxylic acids is 2. The zero-order chi connectivity index (χ0) is 38.7. The summed E-state index contributed by atoms with van der Waals surface area (Å²) in [5.74, 6) is -0.495. The van der Waals surface area contributed by atoms with Gasteiger partial charge >= 0.3 is 0 Å². The third-order valence-corrected chi connectivity index (χ3v) is 10.2. The molecule has 2 aromatic heterocycles. The molecule has 0 aliphatic carbocycles. The van der Waals surface area contributed by atoms with Gasteiger partial charge in [-0.2, -0.15) is 0 Å². The number of nitrogens with zero attached hydrogens (tertiary/aromatic N) is 4. The van der Waals surface area contributed by atoms with E-state index < -0.39 is 11.1 Å². The number of aromatic nitrogens is 2. The van der Waals surface area contributed by atoms with Gasteiger partial charge in [0.05, 0.1) is 28.8 Å². The number of fused-ring (bicyclic) bond motifs is 2. The Bertz CT molecular complexity index is 2070. The molecule has 0 saturated carbocycles. The first kappa shape index (κ1) is 39.5. The summed E-state index contributed by atoms with van der Waals surface area (Å²) in [4.78, 5) is 54.8. The predicted octanol–water partition coefficient (Wildman–Crippen LogP) is 4.76. The fourth-order valence-electron chi connectivity index (χ4n) is 6.48. The lowest BCUT2D eigenvalue weighted by atomic mass is 9.96. The summed E-state index contributed by atoms with van der Waals surface area (Å²) in [5, 5.41) is 20.0. The number of hydrogen-bond acceptors (Lipinski definition) is 8. The number of carbonyl (C=O) groups is 2. The Morgan fingerprint density at radius 2 is 1.11 bits per heavy atom. The van der Waals surface area contributed by atoms with E-state index in [2.05, 4.69) is 15.9 Å². The number of ether oxygens (including phenoxy) is 2. The van der Waals surface area contributed by atoms with Gasteiger partial charge in [0.25, 0.3) is 11.8 Å². The SMILES string of the molecule is CC(C)N1CC(C)(CO)n2cc(Br)c(=O)c(OCc3ccccc3)c2C1=O.CC(C)N1CC(C)(CO)n2ccc(=O)c(OCc3ccccc3)c2C1=O. The largest absolute Gasteiger partial charge is 0.483 e. The molecule has 2 N–H and O–H groups in total. The number of amides is 2. The van der Waals surface area contributed by atoms with Crippen LogP contribution in [0.4, 0.5) is 0 Å². The van der Waals surface area contributed by atoms with E-state index in [1.165, 1.54) is 6.07 Å². The summed E-state index contributed by atoms with van der Waals surface area (Å²) in [6, 6.07) is 20.2. The molecule has 12 nitrogen and oxygen atoms in total. The highest BCUT2D eigenvalue weighted by Gasteiger charge is 2.43. The number of aliphatic hydroxyl groups is 2. The number of halogens is 1. The number of hydrogen-bond donors (Lipinski definition) is 2. The van der Waals surface area contributed by atoms with Crippen LogP contribution in [0.3, 0.4) is 0 Å². The number of benzene rings is 2. The second-order valence-electron chi connectivity index (χ2n) is 14.5. The van der Waals surface area contributed by atoms with E-state index >= 15 is 0 Å². The van der Waals surface area contributed by atoms with E-state index in [4.69, 9.17) is 9.47 Å². The van der Waals surface area contributed by atoms with E-state index in [0.717, 1.165) is 11.1 Å². The Labute approximate surface area is 317 Å². The summed E-state index contributed by atoms with van der Waals surface area (Å²) < 4.78 is 15.3. The first-order valence-corrected chi connectivity index (χ1v) is 18.3. The first-order chi connectivity index (χ1) is 25.2. The molecule has 0 fully saturated rings. The molecule has 282 valence electrons. The fourth-order valence-corrected chi connectivity index (χ4v) is 6.86. The van der Waals surface area contributed by atoms with Crippen LogP contribution < -0.4 is 20.3 Å². The Morgan fingerprint density at radius 3 is 1.57 bits per heavy atom. The second-order valence-corrected chi connectivity index (χ2v) is 15.3. The van der Waals surface area contributed by atoms with Crippen molar-refractivity contribution in [2.45, 2.75) is 77.9 Å². The predicted molar refractivity (Wildman–Crippen MR) is 204 cm³/mol. The summed E-state index contributed by atoms with van der Waals surface area (Å²) in [5.41, 5.74) is -0.0166. The van der Waals surface area contributed by atoms with Gasteiger partial charge in [-0.25, -0.2) is 0 Å². The average Bonchev–Trinajstić information content (AvgIpc) is 3.15. The third kappa shape index (κ3) is 7.97. The molecular formula is C40H47BrN4O8. The number of pyridine rings is 2. The molecule has 0 bridgehead atoms. The highest BCUT2D eigenvalue weighted by atomic mass is 79.9. The molecule has 4 heterocycles. The van der Waals surface area contributed by atoms with Crippen molar-refractivity contribution in [3.63, 3.8) is 0 Å². The van der Waals surface area contributed by atoms with Crippen LogP contribution in [0.5, 0.6) is 11.5 Å². The normalized spacial score (nSPS) is 19.5. The Balaban J connectivity index is 0.000000204. The molecule has 0 spiro atoms. The van der Waals surface area contributed by atoms with Gasteiger partial charge in [-0.3, -0.25) is 19.2 Å². The molecule has 53 heavy (non-hydrogen) atoms. The van der Waals surface area contributed by atoms with Crippen LogP contribution in [0, 0.1) is 0 Å². The molecular weight excluding hydrogens is 744 g/mol. The Morgan fingerprint density at radius 1 is 0.679 bits per heavy atom. The van der Waals surface area contributed by atoms with Gasteiger partial charge in [0.15, 0.2) is 22.9 Å². The topological polar surface area (TPSA) is 144 Å². The van der Waals surface area contributed by atoms with Crippen molar-refractivity contribution in [1.29, 1.82) is 0 Å². The van der Waals surface area contributed by atoms with Gasteiger partial charge in [-0.15, -0.1) is 0 Å². The number of rotatable bonds is 10. The third-order valence-electron chi connectivity index (χ3n) is 9.67. The van der Waals surface area contributed by atoms with Gasteiger partial charge in [-0.1, -0.05) is 60.7 Å². The molecule has 2 atom stereocenters. The highest BCUT2D eigenvalue weighted by Crippen LogP contribution is 2.34. The van der Waals surface area contributed by atoms with Crippen molar-refractivity contribution in [2.75, 3.05) is 26.3 Å². The van der Waals surface area contributed by atoms with Gasteiger partial charge in [-0.05, 0) is 68.6 Å². The van der Waals surface area contributed by atoms with Gasteiger partial charge < -0.3 is 38.6 Å². The summed E-state index contributed by atoms with van der Waals surface area (Å²) in [7, 11) is 0. The maximum absolute atomic E-state index is 13.1. The molecule has 2 aromatic carbocycles. The molecule has 2 aliphatic rings. The fraction of sp³-hybridized carbons (Fsp3) is 0.400. The molecule has 2 amide bonds. The van der Waals surface area contributed by atoms with Crippen molar-refractivity contribution in [3.8, 4) is 11.5 Å². The number of aliphatic hydroxyl groups excluding tert-OH is 2. The van der Waals surface area contributed by atoms with Crippen LogP contribution in [-0.4, -0.2) is 79.3 Å². The lowest BCUT2D eigenvalue weighted by Crippen LogP contribution is -2.57. The second kappa shape index (κ2) is 16.1. The lowest BCUT2D eigenvalue weighted by molar-refractivity contribution is 0.0337. The minimum Gasteiger partial charge on any atom is -0.483 e. The molecule has 0 radical (unpaired) electrons.